The highest BCUT2D eigenvalue weighted by Gasteiger charge is 2.03. The van der Waals surface area contributed by atoms with Crippen molar-refractivity contribution in [1.82, 2.24) is 0 Å². The third-order valence-corrected chi connectivity index (χ3v) is 2.23. The van der Waals surface area contributed by atoms with Gasteiger partial charge in [0.2, 0.25) is 0 Å². The van der Waals surface area contributed by atoms with Crippen molar-refractivity contribution in [3.05, 3.63) is 28.0 Å². The van der Waals surface area contributed by atoms with Crippen LogP contribution in [0.15, 0.2) is 16.6 Å². The number of rotatable bonds is 2. The van der Waals surface area contributed by atoms with E-state index in [1.807, 2.05) is 6.07 Å². The van der Waals surface area contributed by atoms with Crippen molar-refractivity contribution < 1.29 is 4.39 Å². The molecular weight excluding hydrogens is 235 g/mol. The molecule has 1 aromatic carbocycles. The number of nitriles is 1. The second-order valence-electron chi connectivity index (χ2n) is 2.59. The number of nitrogens with zero attached hydrogens (tertiary/aromatic N) is 1. The predicted molar refractivity (Wildman–Crippen MR) is 52.9 cm³/mol. The Hall–Kier alpha value is -1.08. The lowest BCUT2D eigenvalue weighted by Gasteiger charge is -2.07. The van der Waals surface area contributed by atoms with Gasteiger partial charge in [0.05, 0.1) is 10.5 Å². The van der Waals surface area contributed by atoms with Gasteiger partial charge in [-0.25, -0.2) is 4.39 Å². The van der Waals surface area contributed by atoms with Crippen LogP contribution >= 0.6 is 15.9 Å². The van der Waals surface area contributed by atoms with E-state index in [0.717, 1.165) is 11.3 Å². The second kappa shape index (κ2) is 4.24. The zero-order valence-corrected chi connectivity index (χ0v) is 8.65. The molecule has 0 radical (unpaired) electrons. The normalized spacial score (nSPS) is 9.38. The van der Waals surface area contributed by atoms with E-state index >= 15 is 0 Å². The summed E-state index contributed by atoms with van der Waals surface area (Å²) >= 11 is 3.07. The number of aryl methyl sites for hydroxylation is 1. The summed E-state index contributed by atoms with van der Waals surface area (Å²) in [4.78, 5) is 0. The SMILES string of the molecule is Cc1cc(F)c(Br)cc1NCC#N. The van der Waals surface area contributed by atoms with E-state index < -0.39 is 0 Å². The highest BCUT2D eigenvalue weighted by atomic mass is 79.9. The van der Waals surface area contributed by atoms with Gasteiger partial charge in [-0.15, -0.1) is 0 Å². The lowest BCUT2D eigenvalue weighted by molar-refractivity contribution is 0.620. The molecule has 0 aliphatic heterocycles. The number of hydrogen-bond donors (Lipinski definition) is 1. The average Bonchev–Trinajstić information content (AvgIpc) is 2.09. The summed E-state index contributed by atoms with van der Waals surface area (Å²) in [6, 6.07) is 5.00. The van der Waals surface area contributed by atoms with Gasteiger partial charge in [-0.3, -0.25) is 0 Å². The summed E-state index contributed by atoms with van der Waals surface area (Å²) in [6.07, 6.45) is 0. The van der Waals surface area contributed by atoms with Crippen LogP contribution in [0.4, 0.5) is 10.1 Å². The highest BCUT2D eigenvalue weighted by Crippen LogP contribution is 2.23. The van der Waals surface area contributed by atoms with Gasteiger partial charge in [0.25, 0.3) is 0 Å². The van der Waals surface area contributed by atoms with E-state index in [1.165, 1.54) is 6.07 Å². The van der Waals surface area contributed by atoms with E-state index in [4.69, 9.17) is 5.26 Å². The summed E-state index contributed by atoms with van der Waals surface area (Å²) in [5.74, 6) is -0.292. The van der Waals surface area contributed by atoms with Gasteiger partial charge in [-0.2, -0.15) is 5.26 Å². The Labute approximate surface area is 84.5 Å². The van der Waals surface area contributed by atoms with Crippen molar-refractivity contribution in [1.29, 1.82) is 5.26 Å². The minimum atomic E-state index is -0.292. The molecule has 0 saturated carbocycles. The maximum Gasteiger partial charge on any atom is 0.137 e. The third kappa shape index (κ3) is 2.43. The molecule has 68 valence electrons. The molecule has 0 aliphatic rings. The Morgan fingerprint density at radius 1 is 1.62 bits per heavy atom. The number of hydrogen-bond acceptors (Lipinski definition) is 2. The van der Waals surface area contributed by atoms with Crippen molar-refractivity contribution >= 4 is 21.6 Å². The summed E-state index contributed by atoms with van der Waals surface area (Å²) < 4.78 is 13.3. The minimum absolute atomic E-state index is 0.221. The van der Waals surface area contributed by atoms with E-state index in [-0.39, 0.29) is 12.4 Å². The molecule has 0 spiro atoms. The predicted octanol–water partition coefficient (Wildman–Crippen LogP) is 2.83. The molecule has 13 heavy (non-hydrogen) atoms. The van der Waals surface area contributed by atoms with Gasteiger partial charge in [-0.05, 0) is 40.5 Å². The van der Waals surface area contributed by atoms with E-state index in [1.54, 1.807) is 13.0 Å². The maximum absolute atomic E-state index is 12.9. The molecule has 0 saturated heterocycles. The van der Waals surface area contributed by atoms with E-state index in [0.29, 0.717) is 4.47 Å². The lowest BCUT2D eigenvalue weighted by atomic mass is 10.2. The fraction of sp³-hybridized carbons (Fsp3) is 0.222. The molecule has 0 aromatic heterocycles. The standard InChI is InChI=1S/C9H8BrFN2/c1-6-4-8(11)7(10)5-9(6)13-3-2-12/h4-5,13H,3H2,1H3. The largest absolute Gasteiger partial charge is 0.372 e. The molecule has 4 heteroatoms. The number of anilines is 1. The van der Waals surface area contributed by atoms with Crippen LogP contribution < -0.4 is 5.32 Å². The molecule has 0 fully saturated rings. The summed E-state index contributed by atoms with van der Waals surface area (Å²) in [5, 5.41) is 11.2. The third-order valence-electron chi connectivity index (χ3n) is 1.63. The van der Waals surface area contributed by atoms with Gasteiger partial charge in [0.15, 0.2) is 0 Å². The van der Waals surface area contributed by atoms with Crippen molar-refractivity contribution in [3.63, 3.8) is 0 Å². The van der Waals surface area contributed by atoms with Crippen molar-refractivity contribution in [2.45, 2.75) is 6.92 Å². The van der Waals surface area contributed by atoms with Gasteiger partial charge < -0.3 is 5.32 Å². The van der Waals surface area contributed by atoms with Gasteiger partial charge in [0, 0.05) is 5.69 Å². The molecular formula is C9H8BrFN2. The molecule has 0 aliphatic carbocycles. The van der Waals surface area contributed by atoms with Crippen LogP contribution in [-0.2, 0) is 0 Å². The molecule has 0 heterocycles. The number of nitrogens with one attached hydrogen (secondary N) is 1. The first kappa shape index (κ1) is 10.0. The van der Waals surface area contributed by atoms with Crippen LogP contribution in [0.25, 0.3) is 0 Å². The maximum atomic E-state index is 12.9. The first-order chi connectivity index (χ1) is 6.15. The molecule has 0 unspecified atom stereocenters. The Bertz CT molecular complexity index is 357. The molecule has 1 rings (SSSR count). The first-order valence-corrected chi connectivity index (χ1v) is 4.51. The smallest absolute Gasteiger partial charge is 0.137 e. The monoisotopic (exact) mass is 242 g/mol. The van der Waals surface area contributed by atoms with E-state index in [2.05, 4.69) is 21.2 Å². The second-order valence-corrected chi connectivity index (χ2v) is 3.45. The topological polar surface area (TPSA) is 35.8 Å². The van der Waals surface area contributed by atoms with Crippen LogP contribution in [0.1, 0.15) is 5.56 Å². The Morgan fingerprint density at radius 2 is 2.31 bits per heavy atom. The fourth-order valence-corrected chi connectivity index (χ4v) is 1.31. The van der Waals surface area contributed by atoms with Crippen LogP contribution in [0.5, 0.6) is 0 Å². The van der Waals surface area contributed by atoms with Crippen LogP contribution in [0.3, 0.4) is 0 Å². The van der Waals surface area contributed by atoms with Crippen LogP contribution in [0.2, 0.25) is 0 Å². The van der Waals surface area contributed by atoms with Crippen LogP contribution in [-0.4, -0.2) is 6.54 Å². The summed E-state index contributed by atoms with van der Waals surface area (Å²) in [7, 11) is 0. The molecule has 0 atom stereocenters. The number of benzene rings is 1. The van der Waals surface area contributed by atoms with Crippen molar-refractivity contribution in [2.24, 2.45) is 0 Å². The Morgan fingerprint density at radius 3 is 2.92 bits per heavy atom. The fourth-order valence-electron chi connectivity index (χ4n) is 0.971. The molecule has 0 bridgehead atoms. The highest BCUT2D eigenvalue weighted by molar-refractivity contribution is 9.10. The number of halogens is 2. The van der Waals surface area contributed by atoms with Gasteiger partial charge in [-0.1, -0.05) is 0 Å². The summed E-state index contributed by atoms with van der Waals surface area (Å²) in [6.45, 7) is 2.01. The molecule has 1 aromatic rings. The van der Waals surface area contributed by atoms with Crippen molar-refractivity contribution in [2.75, 3.05) is 11.9 Å². The molecule has 0 amide bonds. The Kier molecular flexibility index (Phi) is 3.26. The molecule has 2 nitrogen and oxygen atoms in total. The molecule has 1 N–H and O–H groups in total. The quantitative estimate of drug-likeness (QED) is 0.810. The first-order valence-electron chi connectivity index (χ1n) is 3.71. The average molecular weight is 243 g/mol. The van der Waals surface area contributed by atoms with Gasteiger partial charge in [0.1, 0.15) is 12.4 Å². The van der Waals surface area contributed by atoms with Crippen molar-refractivity contribution in [3.8, 4) is 6.07 Å². The van der Waals surface area contributed by atoms with Crippen LogP contribution in [0, 0.1) is 24.1 Å². The lowest BCUT2D eigenvalue weighted by Crippen LogP contribution is -2.00. The zero-order chi connectivity index (χ0) is 9.84. The minimum Gasteiger partial charge on any atom is -0.372 e. The Balaban J connectivity index is 2.96. The van der Waals surface area contributed by atoms with Gasteiger partial charge >= 0.3 is 0 Å². The summed E-state index contributed by atoms with van der Waals surface area (Å²) in [5.41, 5.74) is 1.56. The van der Waals surface area contributed by atoms with E-state index in [9.17, 15) is 4.39 Å². The zero-order valence-electron chi connectivity index (χ0n) is 7.06.